The molecule has 5 nitrogen and oxygen atoms in total. The third-order valence-electron chi connectivity index (χ3n) is 3.71. The zero-order chi connectivity index (χ0) is 15.4. The number of aromatic nitrogens is 2. The minimum absolute atomic E-state index is 0.152. The predicted octanol–water partition coefficient (Wildman–Crippen LogP) is 2.38. The van der Waals surface area contributed by atoms with Crippen molar-refractivity contribution in [2.45, 2.75) is 25.9 Å². The largest absolute Gasteiger partial charge is 0.368 e. The van der Waals surface area contributed by atoms with Gasteiger partial charge in [-0.2, -0.15) is 0 Å². The molecule has 0 spiro atoms. The van der Waals surface area contributed by atoms with E-state index in [1.165, 1.54) is 4.88 Å². The van der Waals surface area contributed by atoms with Gasteiger partial charge in [-0.15, -0.1) is 11.3 Å². The molecule has 6 heteroatoms. The number of hydrogen-bond acceptors (Lipinski definition) is 5. The topological polar surface area (TPSA) is 55.3 Å². The number of thiophene rings is 1. The van der Waals surface area contributed by atoms with Crippen LogP contribution in [-0.2, 0) is 16.0 Å². The first-order chi connectivity index (χ1) is 10.7. The van der Waals surface area contributed by atoms with Gasteiger partial charge in [0.05, 0.1) is 18.8 Å². The molecule has 2 aromatic rings. The summed E-state index contributed by atoms with van der Waals surface area (Å²) in [5, 5.41) is 2.04. The molecule has 0 saturated carbocycles. The predicted molar refractivity (Wildman–Crippen MR) is 84.7 cm³/mol. The van der Waals surface area contributed by atoms with Gasteiger partial charge >= 0.3 is 0 Å². The van der Waals surface area contributed by atoms with E-state index < -0.39 is 0 Å². The molecule has 1 amide bonds. The summed E-state index contributed by atoms with van der Waals surface area (Å²) in [5.41, 5.74) is 0.850. The molecule has 1 aliphatic heterocycles. The Bertz CT molecular complexity index is 630. The van der Waals surface area contributed by atoms with Crippen molar-refractivity contribution in [3.8, 4) is 0 Å². The van der Waals surface area contributed by atoms with E-state index in [1.54, 1.807) is 17.5 Å². The van der Waals surface area contributed by atoms with Gasteiger partial charge in [-0.3, -0.25) is 4.79 Å². The smallest absolute Gasteiger partial charge is 0.223 e. The van der Waals surface area contributed by atoms with Gasteiger partial charge in [0.2, 0.25) is 5.91 Å². The van der Waals surface area contributed by atoms with Crippen LogP contribution in [0.3, 0.4) is 0 Å². The Morgan fingerprint density at radius 3 is 3.18 bits per heavy atom. The number of nitrogens with zero attached hydrogens (tertiary/aromatic N) is 3. The second-order valence-electron chi connectivity index (χ2n) is 5.31. The standard InChI is InChI=1S/C16H19N3O2S/c1-12-17-7-6-14(18-12)15-11-19(8-9-21-15)16(20)5-4-13-3-2-10-22-13/h2-3,6-7,10,15H,4-5,8-9,11H2,1H3/t15-/m1/s1. The zero-order valence-electron chi connectivity index (χ0n) is 12.6. The SMILES string of the molecule is Cc1nccc([C@H]2CN(C(=O)CCc3cccs3)CCO2)n1. The van der Waals surface area contributed by atoms with E-state index in [0.29, 0.717) is 26.1 Å². The first-order valence-corrected chi connectivity index (χ1v) is 8.31. The summed E-state index contributed by atoms with van der Waals surface area (Å²) in [6.45, 7) is 3.64. The molecule has 0 radical (unpaired) electrons. The summed E-state index contributed by atoms with van der Waals surface area (Å²) < 4.78 is 5.77. The fraction of sp³-hybridized carbons (Fsp3) is 0.438. The average molecular weight is 317 g/mol. The van der Waals surface area contributed by atoms with E-state index in [0.717, 1.165) is 17.9 Å². The fourth-order valence-electron chi connectivity index (χ4n) is 2.55. The molecule has 116 valence electrons. The second kappa shape index (κ2) is 6.98. The normalized spacial score (nSPS) is 18.4. The summed E-state index contributed by atoms with van der Waals surface area (Å²) in [6, 6.07) is 5.95. The maximum Gasteiger partial charge on any atom is 0.223 e. The molecular weight excluding hydrogens is 298 g/mol. The maximum atomic E-state index is 12.4. The van der Waals surface area contributed by atoms with Gasteiger partial charge in [-0.1, -0.05) is 6.07 Å². The lowest BCUT2D eigenvalue weighted by molar-refractivity contribution is -0.139. The Labute approximate surface area is 134 Å². The molecule has 1 aliphatic rings. The number of ether oxygens (including phenoxy) is 1. The van der Waals surface area contributed by atoms with Crippen molar-refractivity contribution in [3.63, 3.8) is 0 Å². The van der Waals surface area contributed by atoms with Crippen molar-refractivity contribution in [1.82, 2.24) is 14.9 Å². The Morgan fingerprint density at radius 1 is 1.50 bits per heavy atom. The summed E-state index contributed by atoms with van der Waals surface area (Å²) in [7, 11) is 0. The molecule has 3 heterocycles. The van der Waals surface area contributed by atoms with Crippen molar-refractivity contribution in [2.75, 3.05) is 19.7 Å². The van der Waals surface area contributed by atoms with Crippen molar-refractivity contribution < 1.29 is 9.53 Å². The molecule has 22 heavy (non-hydrogen) atoms. The van der Waals surface area contributed by atoms with Crippen LogP contribution in [0.15, 0.2) is 29.8 Å². The van der Waals surface area contributed by atoms with E-state index in [9.17, 15) is 4.79 Å². The monoisotopic (exact) mass is 317 g/mol. The fourth-order valence-corrected chi connectivity index (χ4v) is 3.26. The molecule has 3 rings (SSSR count). The Morgan fingerprint density at radius 2 is 2.41 bits per heavy atom. The molecule has 1 saturated heterocycles. The van der Waals surface area contributed by atoms with Gasteiger partial charge in [0.1, 0.15) is 11.9 Å². The number of aryl methyl sites for hydroxylation is 2. The lowest BCUT2D eigenvalue weighted by Crippen LogP contribution is -2.42. The molecule has 0 aromatic carbocycles. The average Bonchev–Trinajstić information content (AvgIpc) is 3.06. The van der Waals surface area contributed by atoms with Crippen LogP contribution in [0.1, 0.15) is 28.9 Å². The molecule has 0 unspecified atom stereocenters. The van der Waals surface area contributed by atoms with Crippen molar-refractivity contribution >= 4 is 17.2 Å². The van der Waals surface area contributed by atoms with Crippen LogP contribution in [0.5, 0.6) is 0 Å². The van der Waals surface area contributed by atoms with Crippen LogP contribution in [0.25, 0.3) is 0 Å². The molecule has 1 fully saturated rings. The van der Waals surface area contributed by atoms with Crippen molar-refractivity contribution in [3.05, 3.63) is 46.2 Å². The van der Waals surface area contributed by atoms with Gasteiger partial charge in [0.15, 0.2) is 0 Å². The number of rotatable bonds is 4. The minimum Gasteiger partial charge on any atom is -0.368 e. The first-order valence-electron chi connectivity index (χ1n) is 7.43. The molecule has 1 atom stereocenters. The van der Waals surface area contributed by atoms with E-state index in [2.05, 4.69) is 16.0 Å². The first kappa shape index (κ1) is 15.1. The molecule has 0 bridgehead atoms. The van der Waals surface area contributed by atoms with E-state index in [1.807, 2.05) is 29.3 Å². The second-order valence-corrected chi connectivity index (χ2v) is 6.34. The summed E-state index contributed by atoms with van der Waals surface area (Å²) in [5.74, 6) is 0.912. The minimum atomic E-state index is -0.152. The molecule has 2 aromatic heterocycles. The van der Waals surface area contributed by atoms with Gasteiger partial charge in [-0.05, 0) is 30.9 Å². The van der Waals surface area contributed by atoms with E-state index in [-0.39, 0.29) is 12.0 Å². The highest BCUT2D eigenvalue weighted by Crippen LogP contribution is 2.21. The highest BCUT2D eigenvalue weighted by molar-refractivity contribution is 7.09. The Balaban J connectivity index is 1.59. The maximum absolute atomic E-state index is 12.4. The quantitative estimate of drug-likeness (QED) is 0.869. The Hall–Kier alpha value is -1.79. The molecule has 0 N–H and O–H groups in total. The lowest BCUT2D eigenvalue weighted by Gasteiger charge is -2.32. The number of carbonyl (C=O) groups excluding carboxylic acids is 1. The van der Waals surface area contributed by atoms with Gasteiger partial charge in [0.25, 0.3) is 0 Å². The van der Waals surface area contributed by atoms with Crippen LogP contribution in [0.2, 0.25) is 0 Å². The third kappa shape index (κ3) is 3.69. The third-order valence-corrected chi connectivity index (χ3v) is 4.65. The van der Waals surface area contributed by atoms with Crippen molar-refractivity contribution in [2.24, 2.45) is 0 Å². The summed E-state index contributed by atoms with van der Waals surface area (Å²) in [6.07, 6.45) is 2.95. The number of carbonyl (C=O) groups is 1. The van der Waals surface area contributed by atoms with Crippen LogP contribution in [-0.4, -0.2) is 40.5 Å². The summed E-state index contributed by atoms with van der Waals surface area (Å²) >= 11 is 1.70. The lowest BCUT2D eigenvalue weighted by atomic mass is 10.1. The highest BCUT2D eigenvalue weighted by atomic mass is 32.1. The van der Waals surface area contributed by atoms with Gasteiger partial charge in [-0.25, -0.2) is 9.97 Å². The van der Waals surface area contributed by atoms with Crippen molar-refractivity contribution in [1.29, 1.82) is 0 Å². The van der Waals surface area contributed by atoms with Gasteiger partial charge in [0, 0.05) is 24.0 Å². The van der Waals surface area contributed by atoms with E-state index in [4.69, 9.17) is 4.74 Å². The van der Waals surface area contributed by atoms with E-state index >= 15 is 0 Å². The van der Waals surface area contributed by atoms with Crippen LogP contribution >= 0.6 is 11.3 Å². The van der Waals surface area contributed by atoms with Gasteiger partial charge < -0.3 is 9.64 Å². The Kier molecular flexibility index (Phi) is 4.80. The van der Waals surface area contributed by atoms with Crippen LogP contribution in [0, 0.1) is 6.92 Å². The van der Waals surface area contributed by atoms with Crippen LogP contribution in [0.4, 0.5) is 0 Å². The number of morpholine rings is 1. The number of amides is 1. The molecule has 0 aliphatic carbocycles. The highest BCUT2D eigenvalue weighted by Gasteiger charge is 2.26. The van der Waals surface area contributed by atoms with Crippen LogP contribution < -0.4 is 0 Å². The summed E-state index contributed by atoms with van der Waals surface area (Å²) in [4.78, 5) is 24.0. The number of hydrogen-bond donors (Lipinski definition) is 0. The molecular formula is C16H19N3O2S. The zero-order valence-corrected chi connectivity index (χ0v) is 13.4.